The van der Waals surface area contributed by atoms with Crippen molar-refractivity contribution in [3.05, 3.63) is 18.3 Å². The molecule has 0 bridgehead atoms. The Balaban J connectivity index is 1.96. The first kappa shape index (κ1) is 17.5. The molecule has 1 fully saturated rings. The summed E-state index contributed by atoms with van der Waals surface area (Å²) in [6, 6.07) is 4.07. The van der Waals surface area contributed by atoms with E-state index in [1.54, 1.807) is 25.3 Å². The van der Waals surface area contributed by atoms with Gasteiger partial charge in [-0.05, 0) is 45.7 Å². The summed E-state index contributed by atoms with van der Waals surface area (Å²) in [4.78, 5) is 19.0. The van der Waals surface area contributed by atoms with Crippen molar-refractivity contribution in [3.63, 3.8) is 0 Å². The lowest BCUT2D eigenvalue weighted by Crippen LogP contribution is -2.43. The molecule has 3 rings (SSSR count). The lowest BCUT2D eigenvalue weighted by molar-refractivity contribution is 0.0579. The molecule has 0 saturated heterocycles. The Bertz CT molecular complexity index is 760. The molecule has 2 aromatic rings. The smallest absolute Gasteiger partial charge is 0.430 e. The zero-order valence-corrected chi connectivity index (χ0v) is 15.3. The number of nitrogens with two attached hydrogens (primary N) is 1. The van der Waals surface area contributed by atoms with Crippen LogP contribution in [0.25, 0.3) is 5.52 Å². The number of carbonyl (C=O) groups is 1. The van der Waals surface area contributed by atoms with Crippen molar-refractivity contribution in [2.45, 2.75) is 58.1 Å². The number of carbonyl (C=O) groups excluding carboxylic acids is 1. The van der Waals surface area contributed by atoms with Gasteiger partial charge in [0, 0.05) is 19.3 Å². The van der Waals surface area contributed by atoms with Gasteiger partial charge in [-0.2, -0.15) is 9.99 Å². The Labute approximate surface area is 147 Å². The lowest BCUT2D eigenvalue weighted by Gasteiger charge is -2.27. The highest BCUT2D eigenvalue weighted by Crippen LogP contribution is 2.27. The summed E-state index contributed by atoms with van der Waals surface area (Å²) in [5, 5.41) is 5.51. The van der Waals surface area contributed by atoms with E-state index in [2.05, 4.69) is 15.0 Å². The summed E-state index contributed by atoms with van der Waals surface area (Å²) in [7, 11) is 1.98. The minimum Gasteiger partial charge on any atom is -0.442 e. The number of amides is 1. The van der Waals surface area contributed by atoms with Crippen LogP contribution in [-0.4, -0.2) is 39.4 Å². The fourth-order valence-electron chi connectivity index (χ4n) is 3.09. The summed E-state index contributed by atoms with van der Waals surface area (Å²) >= 11 is 0. The molecule has 0 atom stereocenters. The van der Waals surface area contributed by atoms with Gasteiger partial charge in [-0.15, -0.1) is 5.10 Å². The Hall–Kier alpha value is -2.35. The largest absolute Gasteiger partial charge is 0.442 e. The highest BCUT2D eigenvalue weighted by molar-refractivity contribution is 5.90. The third kappa shape index (κ3) is 3.68. The number of hydrogen-bond donors (Lipinski definition) is 1. The van der Waals surface area contributed by atoms with Crippen LogP contribution >= 0.6 is 0 Å². The Kier molecular flexibility index (Phi) is 4.55. The van der Waals surface area contributed by atoms with Crippen molar-refractivity contribution in [3.8, 4) is 0 Å². The van der Waals surface area contributed by atoms with Crippen molar-refractivity contribution < 1.29 is 9.53 Å². The summed E-state index contributed by atoms with van der Waals surface area (Å²) in [5.41, 5.74) is 0.0145. The number of nitrogens with zero attached hydrogens (tertiary/aromatic N) is 5. The first-order chi connectivity index (χ1) is 11.8. The molecule has 0 aromatic carbocycles. The molecule has 25 heavy (non-hydrogen) atoms. The van der Waals surface area contributed by atoms with Gasteiger partial charge in [0.25, 0.3) is 0 Å². The number of anilines is 2. The van der Waals surface area contributed by atoms with Crippen LogP contribution in [0.5, 0.6) is 0 Å². The van der Waals surface area contributed by atoms with E-state index in [9.17, 15) is 4.79 Å². The molecule has 8 nitrogen and oxygen atoms in total. The van der Waals surface area contributed by atoms with Gasteiger partial charge in [-0.3, -0.25) is 0 Å². The molecule has 2 aromatic heterocycles. The van der Waals surface area contributed by atoms with Crippen LogP contribution in [-0.2, 0) is 4.74 Å². The van der Waals surface area contributed by atoms with Crippen LogP contribution in [0.2, 0.25) is 0 Å². The van der Waals surface area contributed by atoms with Crippen LogP contribution in [0.1, 0.15) is 46.5 Å². The van der Waals surface area contributed by atoms with Crippen molar-refractivity contribution in [2.24, 2.45) is 5.84 Å². The van der Waals surface area contributed by atoms with Gasteiger partial charge in [0.1, 0.15) is 11.1 Å². The maximum Gasteiger partial charge on any atom is 0.430 e. The van der Waals surface area contributed by atoms with Gasteiger partial charge in [-0.25, -0.2) is 15.2 Å². The van der Waals surface area contributed by atoms with Crippen molar-refractivity contribution in [1.29, 1.82) is 0 Å². The fraction of sp³-hybridized carbons (Fsp3) is 0.588. The van der Waals surface area contributed by atoms with Crippen LogP contribution in [0, 0.1) is 0 Å². The average Bonchev–Trinajstić information content (AvgIpc) is 3.21. The van der Waals surface area contributed by atoms with Crippen molar-refractivity contribution in [2.75, 3.05) is 17.0 Å². The van der Waals surface area contributed by atoms with E-state index in [4.69, 9.17) is 10.6 Å². The van der Waals surface area contributed by atoms with Gasteiger partial charge in [0.05, 0.1) is 0 Å². The zero-order valence-electron chi connectivity index (χ0n) is 15.3. The molecule has 2 heterocycles. The summed E-state index contributed by atoms with van der Waals surface area (Å²) in [5.74, 6) is 6.90. The zero-order chi connectivity index (χ0) is 18.2. The van der Waals surface area contributed by atoms with Crippen molar-refractivity contribution in [1.82, 2.24) is 14.6 Å². The Morgan fingerprint density at radius 2 is 2.04 bits per heavy atom. The predicted molar refractivity (Wildman–Crippen MR) is 96.5 cm³/mol. The van der Waals surface area contributed by atoms with Gasteiger partial charge in [-0.1, -0.05) is 12.8 Å². The first-order valence-electron chi connectivity index (χ1n) is 8.62. The molecule has 0 spiro atoms. The number of fused-ring (bicyclic) bond motifs is 1. The maximum absolute atomic E-state index is 12.4. The van der Waals surface area contributed by atoms with E-state index in [0.717, 1.165) is 17.9 Å². The lowest BCUT2D eigenvalue weighted by atomic mass is 10.2. The van der Waals surface area contributed by atoms with E-state index >= 15 is 0 Å². The number of aromatic nitrogens is 3. The van der Waals surface area contributed by atoms with Gasteiger partial charge in [0.2, 0.25) is 5.95 Å². The first-order valence-corrected chi connectivity index (χ1v) is 8.62. The summed E-state index contributed by atoms with van der Waals surface area (Å²) in [6.45, 7) is 5.39. The highest BCUT2D eigenvalue weighted by atomic mass is 16.6. The molecule has 1 amide bonds. The number of hydrazine groups is 1. The van der Waals surface area contributed by atoms with Crippen LogP contribution in [0.3, 0.4) is 0 Å². The van der Waals surface area contributed by atoms with Gasteiger partial charge < -0.3 is 9.64 Å². The van der Waals surface area contributed by atoms with Gasteiger partial charge >= 0.3 is 6.09 Å². The molecular formula is C17H26N6O2. The molecule has 2 N–H and O–H groups in total. The monoisotopic (exact) mass is 346 g/mol. The number of rotatable bonds is 3. The van der Waals surface area contributed by atoms with E-state index in [1.165, 1.54) is 12.8 Å². The van der Waals surface area contributed by atoms with E-state index < -0.39 is 11.7 Å². The second-order valence-electron chi connectivity index (χ2n) is 7.47. The van der Waals surface area contributed by atoms with Gasteiger partial charge in [0.15, 0.2) is 5.82 Å². The van der Waals surface area contributed by atoms with E-state index in [0.29, 0.717) is 23.3 Å². The SMILES string of the molecule is CN(c1nc(N(N)C(=O)OC(C)(C)C)c2cccn2n1)C1CCCC1. The molecule has 1 aliphatic rings. The van der Waals surface area contributed by atoms with E-state index in [1.807, 2.05) is 25.4 Å². The second kappa shape index (κ2) is 6.51. The van der Waals surface area contributed by atoms with E-state index in [-0.39, 0.29) is 0 Å². The van der Waals surface area contributed by atoms with Crippen LogP contribution in [0.4, 0.5) is 16.6 Å². The number of ether oxygens (including phenoxy) is 1. The molecule has 1 aliphatic carbocycles. The number of hydrogen-bond acceptors (Lipinski definition) is 6. The molecule has 0 unspecified atom stereocenters. The third-order valence-corrected chi connectivity index (χ3v) is 4.37. The topological polar surface area (TPSA) is 89.0 Å². The molecular weight excluding hydrogens is 320 g/mol. The molecule has 8 heteroatoms. The Morgan fingerprint density at radius 1 is 1.36 bits per heavy atom. The molecule has 136 valence electrons. The quantitative estimate of drug-likeness (QED) is 0.522. The van der Waals surface area contributed by atoms with Crippen LogP contribution in [0.15, 0.2) is 18.3 Å². The Morgan fingerprint density at radius 3 is 2.68 bits per heavy atom. The van der Waals surface area contributed by atoms with Crippen molar-refractivity contribution >= 4 is 23.4 Å². The minimum atomic E-state index is -0.649. The normalized spacial score (nSPS) is 15.6. The molecule has 0 aliphatic heterocycles. The standard InChI is InChI=1S/C17H26N6O2/c1-17(2,3)25-16(24)23(18)14-13-10-7-11-22(13)20-15(19-14)21(4)12-8-5-6-9-12/h7,10-12H,5-6,8-9,18H2,1-4H3. The summed E-state index contributed by atoms with van der Waals surface area (Å²) in [6.07, 6.45) is 5.84. The fourth-order valence-corrected chi connectivity index (χ4v) is 3.09. The average molecular weight is 346 g/mol. The maximum atomic E-state index is 12.4. The molecule has 1 saturated carbocycles. The second-order valence-corrected chi connectivity index (χ2v) is 7.47. The predicted octanol–water partition coefficient (Wildman–Crippen LogP) is 2.72. The highest BCUT2D eigenvalue weighted by Gasteiger charge is 2.27. The minimum absolute atomic E-state index is 0.328. The summed E-state index contributed by atoms with van der Waals surface area (Å²) < 4.78 is 7.05. The molecule has 0 radical (unpaired) electrons. The van der Waals surface area contributed by atoms with Crippen LogP contribution < -0.4 is 15.8 Å². The third-order valence-electron chi connectivity index (χ3n) is 4.37.